The summed E-state index contributed by atoms with van der Waals surface area (Å²) in [6.07, 6.45) is 8.43. The molecule has 0 aromatic carbocycles. The summed E-state index contributed by atoms with van der Waals surface area (Å²) in [5.41, 5.74) is -0.0208. The molecule has 0 radical (unpaired) electrons. The van der Waals surface area contributed by atoms with Crippen LogP contribution in [0.4, 0.5) is 0 Å². The molecule has 9 heteroatoms. The van der Waals surface area contributed by atoms with Crippen LogP contribution in [0.5, 0.6) is 0 Å². The van der Waals surface area contributed by atoms with Crippen LogP contribution in [0.1, 0.15) is 53.4 Å². The lowest BCUT2D eigenvalue weighted by Gasteiger charge is -2.58. The van der Waals surface area contributed by atoms with Gasteiger partial charge in [-0.1, -0.05) is 42.4 Å². The van der Waals surface area contributed by atoms with Crippen LogP contribution in [0.25, 0.3) is 0 Å². The van der Waals surface area contributed by atoms with Crippen molar-refractivity contribution in [1.29, 1.82) is 0 Å². The number of carbonyl (C=O) groups is 2. The molecule has 3 N–H and O–H groups in total. The number of aliphatic hydroxyl groups excluding tert-OH is 3. The maximum atomic E-state index is 12.8. The molecule has 2 saturated heterocycles. The van der Waals surface area contributed by atoms with Crippen LogP contribution < -0.4 is 0 Å². The zero-order chi connectivity index (χ0) is 27.7. The van der Waals surface area contributed by atoms with Crippen LogP contribution in [0.3, 0.4) is 0 Å². The lowest BCUT2D eigenvalue weighted by Crippen LogP contribution is -2.66. The van der Waals surface area contributed by atoms with E-state index in [1.165, 1.54) is 42.9 Å². The first kappa shape index (κ1) is 28.7. The highest BCUT2D eigenvalue weighted by molar-refractivity contribution is 5.83. The monoisotopic (exact) mass is 532 g/mol. The van der Waals surface area contributed by atoms with E-state index >= 15 is 0 Å². The summed E-state index contributed by atoms with van der Waals surface area (Å²) in [7, 11) is 0. The highest BCUT2D eigenvalue weighted by Crippen LogP contribution is 2.72. The maximum Gasteiger partial charge on any atom is 0.331 e. The molecular formula is C29H40O9. The van der Waals surface area contributed by atoms with E-state index < -0.39 is 46.7 Å². The van der Waals surface area contributed by atoms with Gasteiger partial charge in [-0.2, -0.15) is 0 Å². The summed E-state index contributed by atoms with van der Waals surface area (Å²) in [5, 5.41) is 28.2. The summed E-state index contributed by atoms with van der Waals surface area (Å²) < 4.78 is 24.6. The molecule has 0 aromatic rings. The standard InChI is InChI=1S/C29H40O9/c1-18-9-11-28(16-35-26(34)14-19(2)10-12-30)23(13-18)37-24-15-22(27(28,4)29(24)17-36-29)38-25(33)8-6-5-7-21(32)20(3)31/h5-8,13-14,20-24,30-32H,9-12,15-17H2,1-4H3/b7-5+,8-6-,19-14+/t20-,21+,22-,23-,24?,27-,28-,29+/m1/s1. The fourth-order valence-electron chi connectivity index (χ4n) is 6.48. The van der Waals surface area contributed by atoms with Gasteiger partial charge in [-0.05, 0) is 40.0 Å². The average molecular weight is 533 g/mol. The van der Waals surface area contributed by atoms with Gasteiger partial charge in [0.2, 0.25) is 0 Å². The van der Waals surface area contributed by atoms with E-state index in [4.69, 9.17) is 24.1 Å². The largest absolute Gasteiger partial charge is 0.462 e. The van der Waals surface area contributed by atoms with Crippen molar-refractivity contribution in [1.82, 2.24) is 0 Å². The van der Waals surface area contributed by atoms with Crippen molar-refractivity contribution in [3.8, 4) is 0 Å². The average Bonchev–Trinajstić information content (AvgIpc) is 3.63. The Morgan fingerprint density at radius 1 is 1.26 bits per heavy atom. The Kier molecular flexibility index (Phi) is 8.35. The maximum absolute atomic E-state index is 12.8. The first-order chi connectivity index (χ1) is 18.0. The molecule has 1 unspecified atom stereocenters. The molecule has 2 bridgehead atoms. The first-order valence-electron chi connectivity index (χ1n) is 13.3. The second-order valence-corrected chi connectivity index (χ2v) is 11.3. The Balaban J connectivity index is 1.58. The summed E-state index contributed by atoms with van der Waals surface area (Å²) in [6.45, 7) is 7.90. The normalized spacial score (nSPS) is 37.7. The molecule has 1 spiro atoms. The fourth-order valence-corrected chi connectivity index (χ4v) is 6.48. The Morgan fingerprint density at radius 3 is 2.66 bits per heavy atom. The van der Waals surface area contributed by atoms with Crippen molar-refractivity contribution >= 4 is 11.9 Å². The Bertz CT molecular complexity index is 1040. The van der Waals surface area contributed by atoms with Crippen molar-refractivity contribution in [2.45, 2.75) is 89.5 Å². The van der Waals surface area contributed by atoms with E-state index in [1.807, 2.05) is 0 Å². The van der Waals surface area contributed by atoms with E-state index in [1.54, 1.807) is 6.92 Å². The summed E-state index contributed by atoms with van der Waals surface area (Å²) in [6, 6.07) is 0. The molecule has 8 atom stereocenters. The van der Waals surface area contributed by atoms with Gasteiger partial charge < -0.3 is 34.3 Å². The lowest BCUT2D eigenvalue weighted by molar-refractivity contribution is -0.232. The smallest absolute Gasteiger partial charge is 0.331 e. The molecule has 3 fully saturated rings. The number of rotatable bonds is 10. The Morgan fingerprint density at radius 2 is 2.00 bits per heavy atom. The molecule has 2 aliphatic carbocycles. The number of hydrogen-bond donors (Lipinski definition) is 3. The molecule has 2 aliphatic heterocycles. The fraction of sp³-hybridized carbons (Fsp3) is 0.655. The number of epoxide rings is 1. The number of carbonyl (C=O) groups excluding carboxylic acids is 2. The molecule has 2 heterocycles. The molecule has 1 saturated carbocycles. The van der Waals surface area contributed by atoms with E-state index in [2.05, 4.69) is 19.9 Å². The molecule has 4 aliphatic rings. The van der Waals surface area contributed by atoms with E-state index in [0.29, 0.717) is 25.9 Å². The van der Waals surface area contributed by atoms with Gasteiger partial charge in [-0.15, -0.1) is 0 Å². The van der Waals surface area contributed by atoms with Crippen LogP contribution in [-0.2, 0) is 28.5 Å². The SMILES string of the molecule is CC1=C[C@H]2OC3C[C@@H](OC(=O)/C=C\C=C\[C@H](O)[C@@H](C)O)[C@](C)([C@@]2(COC(=O)/C=C(\C)CCO)CC1)[C@]31CO1. The van der Waals surface area contributed by atoms with Crippen molar-refractivity contribution in [2.24, 2.45) is 10.8 Å². The van der Waals surface area contributed by atoms with E-state index in [9.17, 15) is 19.8 Å². The summed E-state index contributed by atoms with van der Waals surface area (Å²) >= 11 is 0. The third-order valence-corrected chi connectivity index (χ3v) is 8.96. The van der Waals surface area contributed by atoms with Gasteiger partial charge in [0, 0.05) is 30.6 Å². The minimum absolute atomic E-state index is 0.0444. The second-order valence-electron chi connectivity index (χ2n) is 11.3. The van der Waals surface area contributed by atoms with Gasteiger partial charge in [0.15, 0.2) is 0 Å². The number of fused-ring (bicyclic) bond motifs is 2. The van der Waals surface area contributed by atoms with Gasteiger partial charge in [-0.25, -0.2) is 9.59 Å². The molecule has 210 valence electrons. The van der Waals surface area contributed by atoms with Crippen LogP contribution in [0.15, 0.2) is 47.6 Å². The van der Waals surface area contributed by atoms with Crippen LogP contribution in [0, 0.1) is 10.8 Å². The quantitative estimate of drug-likeness (QED) is 0.127. The molecule has 9 nitrogen and oxygen atoms in total. The Hall–Kier alpha value is -2.30. The van der Waals surface area contributed by atoms with E-state index in [-0.39, 0.29) is 25.4 Å². The molecule has 0 aromatic heterocycles. The van der Waals surface area contributed by atoms with Crippen LogP contribution in [0.2, 0.25) is 0 Å². The van der Waals surface area contributed by atoms with Crippen molar-refractivity contribution in [2.75, 3.05) is 19.8 Å². The predicted molar refractivity (Wildman–Crippen MR) is 138 cm³/mol. The molecule has 38 heavy (non-hydrogen) atoms. The van der Waals surface area contributed by atoms with Gasteiger partial charge in [-0.3, -0.25) is 0 Å². The first-order valence-corrected chi connectivity index (χ1v) is 13.3. The molecule has 0 amide bonds. The minimum Gasteiger partial charge on any atom is -0.462 e. The van der Waals surface area contributed by atoms with Gasteiger partial charge >= 0.3 is 11.9 Å². The minimum atomic E-state index is -1.03. The number of hydrogen-bond acceptors (Lipinski definition) is 9. The third-order valence-electron chi connectivity index (χ3n) is 8.96. The highest BCUT2D eigenvalue weighted by atomic mass is 16.6. The Labute approximate surface area is 223 Å². The number of ether oxygens (including phenoxy) is 4. The van der Waals surface area contributed by atoms with Crippen molar-refractivity contribution in [3.63, 3.8) is 0 Å². The number of aliphatic hydroxyl groups is 3. The van der Waals surface area contributed by atoms with Crippen LogP contribution in [-0.4, -0.2) is 83.2 Å². The number of esters is 2. The predicted octanol–water partition coefficient (Wildman–Crippen LogP) is 2.30. The van der Waals surface area contributed by atoms with Gasteiger partial charge in [0.05, 0.1) is 36.4 Å². The number of allylic oxidation sites excluding steroid dienone is 3. The van der Waals surface area contributed by atoms with Gasteiger partial charge in [0.25, 0.3) is 0 Å². The second kappa shape index (κ2) is 11.1. The van der Waals surface area contributed by atoms with Crippen molar-refractivity contribution in [3.05, 3.63) is 47.6 Å². The lowest BCUT2D eigenvalue weighted by atomic mass is 9.51. The van der Waals surface area contributed by atoms with Crippen LogP contribution >= 0.6 is 0 Å². The topological polar surface area (TPSA) is 135 Å². The van der Waals surface area contributed by atoms with Gasteiger partial charge in [0.1, 0.15) is 18.3 Å². The summed E-state index contributed by atoms with van der Waals surface area (Å²) in [5.74, 6) is -1.02. The zero-order valence-electron chi connectivity index (χ0n) is 22.6. The molecule has 4 rings (SSSR count). The summed E-state index contributed by atoms with van der Waals surface area (Å²) in [4.78, 5) is 25.5. The van der Waals surface area contributed by atoms with E-state index in [0.717, 1.165) is 12.0 Å². The highest BCUT2D eigenvalue weighted by Gasteiger charge is 2.83. The van der Waals surface area contributed by atoms with Crippen molar-refractivity contribution < 1.29 is 43.9 Å². The molecular weight excluding hydrogens is 492 g/mol. The third kappa shape index (κ3) is 5.02. The zero-order valence-corrected chi connectivity index (χ0v) is 22.6.